The summed E-state index contributed by atoms with van der Waals surface area (Å²) in [5, 5.41) is 4.04. The number of anilines is 1. The predicted molar refractivity (Wildman–Crippen MR) is 173 cm³/mol. The van der Waals surface area contributed by atoms with E-state index in [0.717, 1.165) is 44.0 Å². The van der Waals surface area contributed by atoms with E-state index >= 15 is 0 Å². The molecule has 1 amide bonds. The number of para-hydroxylation sites is 1. The molecule has 2 heterocycles. The van der Waals surface area contributed by atoms with Crippen LogP contribution in [0.2, 0.25) is 0 Å². The highest BCUT2D eigenvalue weighted by molar-refractivity contribution is 6.07. The standard InChI is InChI=1S/C34H33N3O5.ClH/c1-40-29-6-4-5-27-32(29)36-28-17-23(9-12-26(28)33(27)38)34(39)35-25-10-7-21(8-11-25)13-15-37-16-14-22-18-30(41-2)31(42-3)19-24(22)20-37;/h4-12,17-19H,13-16,20H2,1-3H3,(H,35,39)(H,36,38);1H. The van der Waals surface area contributed by atoms with Gasteiger partial charge in [0.25, 0.3) is 5.91 Å². The molecule has 5 aromatic rings. The number of hydrogen-bond acceptors (Lipinski definition) is 6. The first-order valence-corrected chi connectivity index (χ1v) is 14.0. The van der Waals surface area contributed by atoms with E-state index in [1.165, 1.54) is 16.7 Å². The number of carbonyl (C=O) groups excluding carboxylic acids is 1. The highest BCUT2D eigenvalue weighted by atomic mass is 35.5. The fourth-order valence-electron chi connectivity index (χ4n) is 5.66. The van der Waals surface area contributed by atoms with Gasteiger partial charge in [-0.05, 0) is 84.1 Å². The van der Waals surface area contributed by atoms with Crippen molar-refractivity contribution >= 4 is 45.8 Å². The van der Waals surface area contributed by atoms with E-state index in [0.29, 0.717) is 38.8 Å². The van der Waals surface area contributed by atoms with E-state index in [4.69, 9.17) is 14.2 Å². The third kappa shape index (κ3) is 6.02. The van der Waals surface area contributed by atoms with Crippen molar-refractivity contribution in [3.05, 3.63) is 105 Å². The molecule has 1 aliphatic heterocycles. The second kappa shape index (κ2) is 12.8. The Morgan fingerprint density at radius 3 is 2.30 bits per heavy atom. The van der Waals surface area contributed by atoms with Gasteiger partial charge in [-0.1, -0.05) is 18.2 Å². The summed E-state index contributed by atoms with van der Waals surface area (Å²) in [7, 11) is 4.90. The molecule has 0 fully saturated rings. The maximum absolute atomic E-state index is 13.1. The lowest BCUT2D eigenvalue weighted by Crippen LogP contribution is -2.32. The summed E-state index contributed by atoms with van der Waals surface area (Å²) in [6.45, 7) is 2.81. The number of methoxy groups -OCH3 is 3. The lowest BCUT2D eigenvalue weighted by Gasteiger charge is -2.29. The number of pyridine rings is 1. The fourth-order valence-corrected chi connectivity index (χ4v) is 5.66. The second-order valence-corrected chi connectivity index (χ2v) is 10.5. The van der Waals surface area contributed by atoms with Crippen LogP contribution in [0.25, 0.3) is 21.8 Å². The maximum Gasteiger partial charge on any atom is 0.255 e. The number of aromatic nitrogens is 1. The third-order valence-electron chi connectivity index (χ3n) is 8.00. The van der Waals surface area contributed by atoms with Gasteiger partial charge in [0.15, 0.2) is 16.9 Å². The molecule has 0 spiro atoms. The van der Waals surface area contributed by atoms with Crippen LogP contribution < -0.4 is 25.0 Å². The van der Waals surface area contributed by atoms with Crippen LogP contribution in [0.5, 0.6) is 17.2 Å². The van der Waals surface area contributed by atoms with Gasteiger partial charge in [0.1, 0.15) is 5.75 Å². The molecule has 0 aliphatic carbocycles. The number of halogens is 1. The molecule has 8 nitrogen and oxygen atoms in total. The second-order valence-electron chi connectivity index (χ2n) is 10.5. The van der Waals surface area contributed by atoms with Crippen LogP contribution in [0.15, 0.2) is 77.6 Å². The summed E-state index contributed by atoms with van der Waals surface area (Å²) in [5.41, 5.74) is 6.06. The maximum atomic E-state index is 13.1. The molecule has 0 radical (unpaired) electrons. The van der Waals surface area contributed by atoms with Crippen LogP contribution in [0, 0.1) is 0 Å². The lowest BCUT2D eigenvalue weighted by atomic mass is 9.98. The smallest absolute Gasteiger partial charge is 0.255 e. The first-order chi connectivity index (χ1) is 20.5. The number of fused-ring (bicyclic) bond motifs is 3. The predicted octanol–water partition coefficient (Wildman–Crippen LogP) is 5.98. The van der Waals surface area contributed by atoms with Crippen molar-refractivity contribution in [3.8, 4) is 17.2 Å². The van der Waals surface area contributed by atoms with Crippen molar-refractivity contribution in [3.63, 3.8) is 0 Å². The van der Waals surface area contributed by atoms with Crippen LogP contribution in [0.1, 0.15) is 27.0 Å². The molecule has 0 saturated carbocycles. The van der Waals surface area contributed by atoms with Gasteiger partial charge in [-0.15, -0.1) is 12.4 Å². The summed E-state index contributed by atoms with van der Waals surface area (Å²) in [6, 6.07) is 22.6. The number of ether oxygens (including phenoxy) is 3. The van der Waals surface area contributed by atoms with Crippen LogP contribution in [-0.4, -0.2) is 50.2 Å². The van der Waals surface area contributed by atoms with Gasteiger partial charge in [0.05, 0.1) is 32.4 Å². The van der Waals surface area contributed by atoms with E-state index in [1.54, 1.807) is 57.7 Å². The summed E-state index contributed by atoms with van der Waals surface area (Å²) in [4.78, 5) is 31.8. The first kappa shape index (κ1) is 29.9. The average Bonchev–Trinajstić information content (AvgIpc) is 3.03. The molecule has 6 rings (SSSR count). The molecular formula is C34H34ClN3O5. The highest BCUT2D eigenvalue weighted by Crippen LogP contribution is 2.33. The number of aromatic amines is 1. The Kier molecular flexibility index (Phi) is 8.89. The average molecular weight is 600 g/mol. The van der Waals surface area contributed by atoms with E-state index in [9.17, 15) is 9.59 Å². The van der Waals surface area contributed by atoms with E-state index in [2.05, 4.69) is 39.5 Å². The minimum absolute atomic E-state index is 0. The monoisotopic (exact) mass is 599 g/mol. The number of benzene rings is 4. The lowest BCUT2D eigenvalue weighted by molar-refractivity contribution is 0.102. The van der Waals surface area contributed by atoms with Gasteiger partial charge >= 0.3 is 0 Å². The molecule has 0 saturated heterocycles. The van der Waals surface area contributed by atoms with E-state index in [1.807, 2.05) is 12.1 Å². The normalized spacial score (nSPS) is 12.8. The Morgan fingerprint density at radius 1 is 0.860 bits per heavy atom. The zero-order valence-corrected chi connectivity index (χ0v) is 25.2. The van der Waals surface area contributed by atoms with Gasteiger partial charge in [-0.25, -0.2) is 0 Å². The summed E-state index contributed by atoms with van der Waals surface area (Å²) in [6.07, 6.45) is 1.89. The quantitative estimate of drug-likeness (QED) is 0.213. The molecule has 4 aromatic carbocycles. The zero-order valence-electron chi connectivity index (χ0n) is 24.4. The molecule has 2 N–H and O–H groups in total. The molecule has 0 atom stereocenters. The Hall–Kier alpha value is -4.53. The molecule has 222 valence electrons. The summed E-state index contributed by atoms with van der Waals surface area (Å²) < 4.78 is 16.4. The number of carbonyl (C=O) groups is 1. The molecule has 0 unspecified atom stereocenters. The van der Waals surface area contributed by atoms with Gasteiger partial charge in [-0.2, -0.15) is 0 Å². The number of nitrogens with one attached hydrogen (secondary N) is 2. The van der Waals surface area contributed by atoms with Crippen LogP contribution in [0.3, 0.4) is 0 Å². The van der Waals surface area contributed by atoms with Gasteiger partial charge < -0.3 is 24.5 Å². The van der Waals surface area contributed by atoms with Crippen LogP contribution >= 0.6 is 12.4 Å². The first-order valence-electron chi connectivity index (χ1n) is 14.0. The zero-order chi connectivity index (χ0) is 29.2. The number of H-pyrrole nitrogens is 1. The summed E-state index contributed by atoms with van der Waals surface area (Å²) >= 11 is 0. The molecule has 1 aliphatic rings. The molecular weight excluding hydrogens is 566 g/mol. The topological polar surface area (TPSA) is 92.9 Å². The summed E-state index contributed by atoms with van der Waals surface area (Å²) in [5.74, 6) is 1.88. The number of amides is 1. The number of hydrogen-bond donors (Lipinski definition) is 2. The van der Waals surface area contributed by atoms with Crippen molar-refractivity contribution < 1.29 is 19.0 Å². The Morgan fingerprint density at radius 2 is 1.58 bits per heavy atom. The minimum Gasteiger partial charge on any atom is -0.495 e. The van der Waals surface area contributed by atoms with Crippen molar-refractivity contribution in [1.29, 1.82) is 0 Å². The Bertz CT molecular complexity index is 1850. The highest BCUT2D eigenvalue weighted by Gasteiger charge is 2.19. The molecule has 0 bridgehead atoms. The van der Waals surface area contributed by atoms with Gasteiger partial charge in [0.2, 0.25) is 0 Å². The number of rotatable bonds is 8. The largest absolute Gasteiger partial charge is 0.495 e. The van der Waals surface area contributed by atoms with E-state index < -0.39 is 0 Å². The SMILES string of the molecule is COc1cc2c(cc1OC)CN(CCc1ccc(NC(=O)c3ccc4c(=O)c5cccc(OC)c5[nH]c4c3)cc1)CC2.Cl. The minimum atomic E-state index is -0.246. The Labute approximate surface area is 256 Å². The van der Waals surface area contributed by atoms with Gasteiger partial charge in [-0.3, -0.25) is 14.5 Å². The van der Waals surface area contributed by atoms with Crippen molar-refractivity contribution in [2.45, 2.75) is 19.4 Å². The van der Waals surface area contributed by atoms with Crippen LogP contribution in [0.4, 0.5) is 5.69 Å². The third-order valence-corrected chi connectivity index (χ3v) is 8.00. The van der Waals surface area contributed by atoms with Crippen molar-refractivity contribution in [2.24, 2.45) is 0 Å². The van der Waals surface area contributed by atoms with Crippen molar-refractivity contribution in [1.82, 2.24) is 9.88 Å². The van der Waals surface area contributed by atoms with Gasteiger partial charge in [0, 0.05) is 41.7 Å². The fraction of sp³-hybridized carbons (Fsp3) is 0.235. The van der Waals surface area contributed by atoms with E-state index in [-0.39, 0.29) is 23.7 Å². The molecule has 43 heavy (non-hydrogen) atoms. The molecule has 1 aromatic heterocycles. The van der Waals surface area contributed by atoms with Crippen molar-refractivity contribution in [2.75, 3.05) is 39.7 Å². The molecule has 9 heteroatoms. The number of nitrogens with zero attached hydrogens (tertiary/aromatic N) is 1. The van der Waals surface area contributed by atoms with Crippen LogP contribution in [-0.2, 0) is 19.4 Å². The Balaban J connectivity index is 0.00000368.